The van der Waals surface area contributed by atoms with Gasteiger partial charge in [-0.3, -0.25) is 4.90 Å². The highest BCUT2D eigenvalue weighted by molar-refractivity contribution is 5.85. The number of hydrogen-bond acceptors (Lipinski definition) is 3. The Labute approximate surface area is 159 Å². The van der Waals surface area contributed by atoms with Crippen LogP contribution in [-0.2, 0) is 4.74 Å². The van der Waals surface area contributed by atoms with Crippen molar-refractivity contribution in [3.8, 4) is 0 Å². The van der Waals surface area contributed by atoms with Gasteiger partial charge in [0.2, 0.25) is 0 Å². The maximum absolute atomic E-state index is 13.4. The van der Waals surface area contributed by atoms with Crippen molar-refractivity contribution in [1.82, 2.24) is 10.2 Å². The van der Waals surface area contributed by atoms with E-state index in [4.69, 9.17) is 4.74 Å². The quantitative estimate of drug-likeness (QED) is 0.851. The summed E-state index contributed by atoms with van der Waals surface area (Å²) in [6.07, 6.45) is 0. The van der Waals surface area contributed by atoms with Gasteiger partial charge < -0.3 is 10.1 Å². The van der Waals surface area contributed by atoms with Gasteiger partial charge in [0.05, 0.1) is 12.6 Å². The molecular weight excluding hydrogens is 358 g/mol. The van der Waals surface area contributed by atoms with Crippen molar-refractivity contribution in [3.05, 3.63) is 71.3 Å². The molecule has 6 heteroatoms. The monoisotopic (exact) mass is 382 g/mol. The van der Waals surface area contributed by atoms with Crippen molar-refractivity contribution in [3.63, 3.8) is 0 Å². The van der Waals surface area contributed by atoms with Gasteiger partial charge in [0, 0.05) is 32.3 Å². The van der Waals surface area contributed by atoms with Crippen LogP contribution in [0.5, 0.6) is 0 Å². The molecule has 1 saturated heterocycles. The molecule has 0 bridgehead atoms. The second-order valence-corrected chi connectivity index (χ2v) is 6.62. The van der Waals surface area contributed by atoms with Crippen LogP contribution >= 0.6 is 12.4 Å². The molecule has 0 amide bonds. The van der Waals surface area contributed by atoms with Gasteiger partial charge in [-0.15, -0.1) is 12.4 Å². The third kappa shape index (κ3) is 4.80. The highest BCUT2D eigenvalue weighted by atomic mass is 35.5. The van der Waals surface area contributed by atoms with Crippen molar-refractivity contribution in [2.45, 2.75) is 25.0 Å². The van der Waals surface area contributed by atoms with Gasteiger partial charge in [-0.2, -0.15) is 0 Å². The Morgan fingerprint density at radius 2 is 1.54 bits per heavy atom. The SMILES string of the molecule is COC[C@H]1CN[C@H](C)CN1C(c1ccc(F)cc1)c1ccc(F)cc1.Cl. The molecule has 26 heavy (non-hydrogen) atoms. The summed E-state index contributed by atoms with van der Waals surface area (Å²) in [6.45, 7) is 4.38. The number of rotatable bonds is 5. The zero-order chi connectivity index (χ0) is 17.8. The molecule has 1 heterocycles. The topological polar surface area (TPSA) is 24.5 Å². The van der Waals surface area contributed by atoms with E-state index in [0.717, 1.165) is 24.2 Å². The number of hydrogen-bond donors (Lipinski definition) is 1. The van der Waals surface area contributed by atoms with Crippen LogP contribution in [0.25, 0.3) is 0 Å². The highest BCUT2D eigenvalue weighted by Gasteiger charge is 2.33. The average Bonchev–Trinajstić information content (AvgIpc) is 2.61. The van der Waals surface area contributed by atoms with Crippen LogP contribution in [0, 0.1) is 11.6 Å². The number of halogens is 3. The van der Waals surface area contributed by atoms with Gasteiger partial charge in [-0.1, -0.05) is 24.3 Å². The third-order valence-corrected chi connectivity index (χ3v) is 4.72. The minimum absolute atomic E-state index is 0. The van der Waals surface area contributed by atoms with E-state index in [9.17, 15) is 8.78 Å². The van der Waals surface area contributed by atoms with E-state index < -0.39 is 0 Å². The molecule has 3 rings (SSSR count). The Balaban J connectivity index is 0.00000243. The van der Waals surface area contributed by atoms with Gasteiger partial charge in [0.15, 0.2) is 0 Å². The fourth-order valence-electron chi connectivity index (χ4n) is 3.51. The third-order valence-electron chi connectivity index (χ3n) is 4.72. The molecule has 0 spiro atoms. The molecule has 1 aliphatic rings. The van der Waals surface area contributed by atoms with Crippen molar-refractivity contribution in [2.75, 3.05) is 26.8 Å². The zero-order valence-electron chi connectivity index (χ0n) is 15.0. The molecule has 2 aromatic carbocycles. The van der Waals surface area contributed by atoms with Crippen LogP contribution in [0.15, 0.2) is 48.5 Å². The number of piperazine rings is 1. The van der Waals surface area contributed by atoms with Crippen LogP contribution in [-0.4, -0.2) is 43.8 Å². The van der Waals surface area contributed by atoms with Gasteiger partial charge in [0.25, 0.3) is 0 Å². The molecule has 142 valence electrons. The van der Waals surface area contributed by atoms with Gasteiger partial charge in [0.1, 0.15) is 11.6 Å². The molecule has 1 aliphatic heterocycles. The van der Waals surface area contributed by atoms with E-state index in [-0.39, 0.29) is 36.1 Å². The fourth-order valence-corrected chi connectivity index (χ4v) is 3.51. The number of nitrogens with one attached hydrogen (secondary N) is 1. The summed E-state index contributed by atoms with van der Waals surface area (Å²) in [5.74, 6) is -0.521. The Hall–Kier alpha value is -1.53. The lowest BCUT2D eigenvalue weighted by molar-refractivity contribution is 0.0417. The Kier molecular flexibility index (Phi) is 7.53. The number of nitrogens with zero attached hydrogens (tertiary/aromatic N) is 1. The van der Waals surface area contributed by atoms with Crippen molar-refractivity contribution < 1.29 is 13.5 Å². The standard InChI is InChI=1S/C20H24F2N2O.ClH/c1-14-12-24(19(11-23-14)13-25-2)20(15-3-7-17(21)8-4-15)16-5-9-18(22)10-6-16;/h3-10,14,19-20,23H,11-13H2,1-2H3;1H/t14-,19-;/m1./s1. The summed E-state index contributed by atoms with van der Waals surface area (Å²) < 4.78 is 32.2. The first-order valence-electron chi connectivity index (χ1n) is 8.57. The average molecular weight is 383 g/mol. The second kappa shape index (κ2) is 9.42. The fraction of sp³-hybridized carbons (Fsp3) is 0.400. The van der Waals surface area contributed by atoms with Gasteiger partial charge >= 0.3 is 0 Å². The first-order valence-corrected chi connectivity index (χ1v) is 8.57. The molecule has 0 saturated carbocycles. The summed E-state index contributed by atoms with van der Waals surface area (Å²) in [5.41, 5.74) is 1.98. The molecule has 2 aromatic rings. The molecule has 1 N–H and O–H groups in total. The minimum Gasteiger partial charge on any atom is -0.383 e. The van der Waals surface area contributed by atoms with E-state index in [1.54, 1.807) is 31.4 Å². The molecule has 3 nitrogen and oxygen atoms in total. The molecule has 0 unspecified atom stereocenters. The van der Waals surface area contributed by atoms with Crippen LogP contribution in [0.3, 0.4) is 0 Å². The lowest BCUT2D eigenvalue weighted by Gasteiger charge is -2.44. The first kappa shape index (κ1) is 20.8. The van der Waals surface area contributed by atoms with E-state index in [1.807, 2.05) is 0 Å². The smallest absolute Gasteiger partial charge is 0.123 e. The summed E-state index contributed by atoms with van der Waals surface area (Å²) in [7, 11) is 1.70. The molecule has 1 fully saturated rings. The van der Waals surface area contributed by atoms with Crippen molar-refractivity contribution in [2.24, 2.45) is 0 Å². The Morgan fingerprint density at radius 3 is 2.00 bits per heavy atom. The van der Waals surface area contributed by atoms with Crippen LogP contribution < -0.4 is 5.32 Å². The molecule has 0 aliphatic carbocycles. The predicted molar refractivity (Wildman–Crippen MR) is 102 cm³/mol. The maximum atomic E-state index is 13.4. The van der Waals surface area contributed by atoms with E-state index in [2.05, 4.69) is 17.1 Å². The summed E-state index contributed by atoms with van der Waals surface area (Å²) in [5, 5.41) is 3.48. The second-order valence-electron chi connectivity index (χ2n) is 6.62. The molecule has 0 aromatic heterocycles. The Bertz CT molecular complexity index is 636. The number of ether oxygens (including phenoxy) is 1. The van der Waals surface area contributed by atoms with E-state index in [0.29, 0.717) is 12.6 Å². The zero-order valence-corrected chi connectivity index (χ0v) is 15.8. The highest BCUT2D eigenvalue weighted by Crippen LogP contribution is 2.32. The minimum atomic E-state index is -0.260. The normalized spacial score (nSPS) is 20.8. The summed E-state index contributed by atoms with van der Waals surface area (Å²) in [4.78, 5) is 2.37. The van der Waals surface area contributed by atoms with Crippen molar-refractivity contribution >= 4 is 12.4 Å². The summed E-state index contributed by atoms with van der Waals surface area (Å²) in [6, 6.07) is 13.6. The van der Waals surface area contributed by atoms with E-state index >= 15 is 0 Å². The number of methoxy groups -OCH3 is 1. The molecular formula is C20H25ClF2N2O. The van der Waals surface area contributed by atoms with E-state index in [1.165, 1.54) is 24.3 Å². The Morgan fingerprint density at radius 1 is 1.04 bits per heavy atom. The molecule has 2 atom stereocenters. The summed E-state index contributed by atoms with van der Waals surface area (Å²) >= 11 is 0. The van der Waals surface area contributed by atoms with Gasteiger partial charge in [-0.05, 0) is 42.3 Å². The van der Waals surface area contributed by atoms with Crippen LogP contribution in [0.1, 0.15) is 24.1 Å². The lowest BCUT2D eigenvalue weighted by atomic mass is 9.94. The maximum Gasteiger partial charge on any atom is 0.123 e. The van der Waals surface area contributed by atoms with Crippen LogP contribution in [0.2, 0.25) is 0 Å². The molecule has 0 radical (unpaired) electrons. The lowest BCUT2D eigenvalue weighted by Crippen LogP contribution is -2.58. The largest absolute Gasteiger partial charge is 0.383 e. The van der Waals surface area contributed by atoms with Crippen LogP contribution in [0.4, 0.5) is 8.78 Å². The predicted octanol–water partition coefficient (Wildman–Crippen LogP) is 3.78. The van der Waals surface area contributed by atoms with Gasteiger partial charge in [-0.25, -0.2) is 8.78 Å². The number of benzene rings is 2. The van der Waals surface area contributed by atoms with Crippen molar-refractivity contribution in [1.29, 1.82) is 0 Å². The first-order chi connectivity index (χ1) is 12.1.